The minimum Gasteiger partial charge on any atom is -0.355 e. The Hall–Kier alpha value is -1.39. The van der Waals surface area contributed by atoms with Crippen LogP contribution in [0.1, 0.15) is 49.4 Å². The summed E-state index contributed by atoms with van der Waals surface area (Å²) in [5.41, 5.74) is 0.601. The molecule has 1 unspecified atom stereocenters. The van der Waals surface area contributed by atoms with Gasteiger partial charge in [0.15, 0.2) is 5.78 Å². The first-order valence-corrected chi connectivity index (χ1v) is 8.73. The summed E-state index contributed by atoms with van der Waals surface area (Å²) >= 11 is 5.80. The van der Waals surface area contributed by atoms with Crippen LogP contribution in [0.4, 0.5) is 0 Å². The summed E-state index contributed by atoms with van der Waals surface area (Å²) in [4.78, 5) is 26.4. The van der Waals surface area contributed by atoms with Gasteiger partial charge in [0.05, 0.1) is 0 Å². The Balaban J connectivity index is 1.68. The third-order valence-corrected chi connectivity index (χ3v) is 4.61. The molecule has 1 aromatic carbocycles. The van der Waals surface area contributed by atoms with Crippen molar-refractivity contribution >= 4 is 23.3 Å². The Morgan fingerprint density at radius 3 is 2.43 bits per heavy atom. The molecule has 1 N–H and O–H groups in total. The molecule has 0 aliphatic carbocycles. The second-order valence-corrected chi connectivity index (χ2v) is 6.62. The van der Waals surface area contributed by atoms with Gasteiger partial charge in [0, 0.05) is 36.0 Å². The summed E-state index contributed by atoms with van der Waals surface area (Å²) in [6, 6.07) is 7.12. The predicted molar refractivity (Wildman–Crippen MR) is 92.9 cm³/mol. The van der Waals surface area contributed by atoms with Crippen molar-refractivity contribution in [1.82, 2.24) is 10.2 Å². The Bertz CT molecular complexity index is 524. The Morgan fingerprint density at radius 2 is 1.78 bits per heavy atom. The van der Waals surface area contributed by atoms with E-state index in [0.29, 0.717) is 23.2 Å². The molecule has 0 spiro atoms. The van der Waals surface area contributed by atoms with Crippen molar-refractivity contribution in [2.45, 2.75) is 45.1 Å². The molecule has 126 valence electrons. The zero-order chi connectivity index (χ0) is 16.7. The van der Waals surface area contributed by atoms with Gasteiger partial charge < -0.3 is 5.32 Å². The highest BCUT2D eigenvalue weighted by Gasteiger charge is 2.17. The van der Waals surface area contributed by atoms with Gasteiger partial charge in [-0.1, -0.05) is 18.0 Å². The molecule has 23 heavy (non-hydrogen) atoms. The van der Waals surface area contributed by atoms with Gasteiger partial charge in [-0.05, 0) is 57.1 Å². The number of rotatable bonds is 7. The summed E-state index contributed by atoms with van der Waals surface area (Å²) in [5.74, 6) is -0.0860. The molecule has 1 aliphatic heterocycles. The molecule has 0 aromatic heterocycles. The lowest BCUT2D eigenvalue weighted by molar-refractivity contribution is -0.121. The molecular weight excluding hydrogens is 312 g/mol. The predicted octanol–water partition coefficient (Wildman–Crippen LogP) is 3.29. The van der Waals surface area contributed by atoms with Crippen LogP contribution in [0.3, 0.4) is 0 Å². The van der Waals surface area contributed by atoms with Crippen molar-refractivity contribution in [2.75, 3.05) is 19.6 Å². The smallest absolute Gasteiger partial charge is 0.220 e. The van der Waals surface area contributed by atoms with E-state index in [2.05, 4.69) is 17.1 Å². The molecule has 1 saturated heterocycles. The van der Waals surface area contributed by atoms with Crippen LogP contribution in [0.2, 0.25) is 5.02 Å². The van der Waals surface area contributed by atoms with Crippen LogP contribution in [0.5, 0.6) is 0 Å². The fraction of sp³-hybridized carbons (Fsp3) is 0.556. The molecular formula is C18H25ClN2O2. The van der Waals surface area contributed by atoms with Crippen LogP contribution in [0.25, 0.3) is 0 Å². The largest absolute Gasteiger partial charge is 0.355 e. The van der Waals surface area contributed by atoms with Crippen molar-refractivity contribution in [3.8, 4) is 0 Å². The quantitative estimate of drug-likeness (QED) is 0.777. The van der Waals surface area contributed by atoms with E-state index in [4.69, 9.17) is 11.6 Å². The third-order valence-electron chi connectivity index (χ3n) is 4.35. The Labute approximate surface area is 143 Å². The molecule has 4 nitrogen and oxygen atoms in total. The lowest BCUT2D eigenvalue weighted by Crippen LogP contribution is -2.44. The fourth-order valence-electron chi connectivity index (χ4n) is 2.85. The molecule has 1 atom stereocenters. The van der Waals surface area contributed by atoms with Crippen molar-refractivity contribution in [2.24, 2.45) is 0 Å². The molecule has 1 amide bonds. The van der Waals surface area contributed by atoms with Crippen LogP contribution in [-0.2, 0) is 4.79 Å². The molecule has 1 aliphatic rings. The number of hydrogen-bond donors (Lipinski definition) is 1. The zero-order valence-electron chi connectivity index (χ0n) is 13.7. The van der Waals surface area contributed by atoms with Crippen molar-refractivity contribution in [3.05, 3.63) is 34.9 Å². The standard InChI is InChI=1S/C18H25ClN2O2/c1-14(21-11-3-2-4-12-21)13-20-18(23)10-9-17(22)15-5-7-16(19)8-6-15/h5-8,14H,2-4,9-13H2,1H3,(H,20,23). The monoisotopic (exact) mass is 336 g/mol. The molecule has 1 fully saturated rings. The van der Waals surface area contributed by atoms with Crippen LogP contribution in [0.15, 0.2) is 24.3 Å². The summed E-state index contributed by atoms with van der Waals surface area (Å²) in [7, 11) is 0. The molecule has 1 aromatic rings. The highest BCUT2D eigenvalue weighted by atomic mass is 35.5. The average Bonchev–Trinajstić information content (AvgIpc) is 2.59. The lowest BCUT2D eigenvalue weighted by Gasteiger charge is -2.32. The van der Waals surface area contributed by atoms with E-state index in [1.807, 2.05) is 0 Å². The van der Waals surface area contributed by atoms with Crippen molar-refractivity contribution in [3.63, 3.8) is 0 Å². The number of amides is 1. The number of nitrogens with zero attached hydrogens (tertiary/aromatic N) is 1. The molecule has 0 saturated carbocycles. The van der Waals surface area contributed by atoms with Crippen molar-refractivity contribution < 1.29 is 9.59 Å². The van der Waals surface area contributed by atoms with Gasteiger partial charge in [0.25, 0.3) is 0 Å². The lowest BCUT2D eigenvalue weighted by atomic mass is 10.1. The maximum atomic E-state index is 12.0. The van der Waals surface area contributed by atoms with E-state index in [1.54, 1.807) is 24.3 Å². The summed E-state index contributed by atoms with van der Waals surface area (Å²) in [5, 5.41) is 3.54. The van der Waals surface area contributed by atoms with Crippen LogP contribution in [0, 0.1) is 0 Å². The van der Waals surface area contributed by atoms with E-state index in [-0.39, 0.29) is 24.5 Å². The maximum absolute atomic E-state index is 12.0. The topological polar surface area (TPSA) is 49.4 Å². The second-order valence-electron chi connectivity index (χ2n) is 6.18. The SMILES string of the molecule is CC(CNC(=O)CCC(=O)c1ccc(Cl)cc1)N1CCCCC1. The van der Waals surface area contributed by atoms with E-state index < -0.39 is 0 Å². The second kappa shape index (κ2) is 9.04. The number of carbonyl (C=O) groups excluding carboxylic acids is 2. The van der Waals surface area contributed by atoms with Gasteiger partial charge in [0.2, 0.25) is 5.91 Å². The van der Waals surface area contributed by atoms with Crippen LogP contribution in [-0.4, -0.2) is 42.3 Å². The number of Topliss-reactive ketones (excluding diaryl/α,β-unsaturated/α-hetero) is 1. The Kier molecular flexibility index (Phi) is 7.06. The molecule has 5 heteroatoms. The minimum absolute atomic E-state index is 0.0269. The van der Waals surface area contributed by atoms with E-state index in [9.17, 15) is 9.59 Å². The maximum Gasteiger partial charge on any atom is 0.220 e. The number of hydrogen-bond acceptors (Lipinski definition) is 3. The number of likely N-dealkylation sites (tertiary alicyclic amines) is 1. The first-order chi connectivity index (χ1) is 11.1. The van der Waals surface area contributed by atoms with Gasteiger partial charge in [0.1, 0.15) is 0 Å². The highest BCUT2D eigenvalue weighted by molar-refractivity contribution is 6.30. The molecule has 0 radical (unpaired) electrons. The van der Waals surface area contributed by atoms with Crippen LogP contribution >= 0.6 is 11.6 Å². The number of ketones is 1. The number of piperidine rings is 1. The third kappa shape index (κ3) is 5.96. The van der Waals surface area contributed by atoms with E-state index in [1.165, 1.54) is 19.3 Å². The molecule has 2 rings (SSSR count). The normalized spacial score (nSPS) is 16.8. The summed E-state index contributed by atoms with van der Waals surface area (Å²) in [6.45, 7) is 5.02. The first kappa shape index (κ1) is 18.0. The number of carbonyl (C=O) groups is 2. The number of benzene rings is 1. The summed E-state index contributed by atoms with van der Waals surface area (Å²) in [6.07, 6.45) is 4.25. The van der Waals surface area contributed by atoms with Gasteiger partial charge in [-0.15, -0.1) is 0 Å². The first-order valence-electron chi connectivity index (χ1n) is 8.36. The fourth-order valence-corrected chi connectivity index (χ4v) is 2.97. The summed E-state index contributed by atoms with van der Waals surface area (Å²) < 4.78 is 0. The van der Waals surface area contributed by atoms with E-state index >= 15 is 0 Å². The van der Waals surface area contributed by atoms with Gasteiger partial charge in [-0.25, -0.2) is 0 Å². The van der Waals surface area contributed by atoms with Crippen LogP contribution < -0.4 is 5.32 Å². The van der Waals surface area contributed by atoms with Gasteiger partial charge in [-0.2, -0.15) is 0 Å². The zero-order valence-corrected chi connectivity index (χ0v) is 14.4. The molecule has 1 heterocycles. The van der Waals surface area contributed by atoms with E-state index in [0.717, 1.165) is 13.1 Å². The van der Waals surface area contributed by atoms with Gasteiger partial charge in [-0.3, -0.25) is 14.5 Å². The average molecular weight is 337 g/mol. The number of nitrogens with one attached hydrogen (secondary N) is 1. The Morgan fingerprint density at radius 1 is 1.13 bits per heavy atom. The number of halogens is 1. The highest BCUT2D eigenvalue weighted by Crippen LogP contribution is 2.13. The minimum atomic E-state index is -0.0591. The molecule has 0 bridgehead atoms. The van der Waals surface area contributed by atoms with Crippen molar-refractivity contribution in [1.29, 1.82) is 0 Å². The van der Waals surface area contributed by atoms with Gasteiger partial charge >= 0.3 is 0 Å².